The van der Waals surface area contributed by atoms with Gasteiger partial charge in [0, 0.05) is 27.2 Å². The number of carbonyl (C=O) groups is 1. The number of sulfonamides is 2. The first-order chi connectivity index (χ1) is 16.2. The van der Waals surface area contributed by atoms with Gasteiger partial charge >= 0.3 is 5.97 Å². The predicted octanol–water partition coefficient (Wildman–Crippen LogP) is 3.30. The first-order valence-corrected chi connectivity index (χ1v) is 14.3. The molecule has 1 saturated heterocycles. The summed E-state index contributed by atoms with van der Waals surface area (Å²) in [5.41, 5.74) is 0.590. The second kappa shape index (κ2) is 10.2. The first-order valence-electron chi connectivity index (χ1n) is 11.3. The molecular formula is C24H33N3O6S2. The van der Waals surface area contributed by atoms with Gasteiger partial charge in [0.05, 0.1) is 27.1 Å². The third kappa shape index (κ3) is 6.53. The summed E-state index contributed by atoms with van der Waals surface area (Å²) < 4.78 is 59.8. The Morgan fingerprint density at radius 3 is 2.03 bits per heavy atom. The van der Waals surface area contributed by atoms with Crippen LogP contribution in [0.2, 0.25) is 0 Å². The predicted molar refractivity (Wildman–Crippen MR) is 135 cm³/mol. The number of hydrogen-bond acceptors (Lipinski definition) is 7. The number of ether oxygens (including phenoxy) is 1. The Morgan fingerprint density at radius 2 is 1.49 bits per heavy atom. The largest absolute Gasteiger partial charge is 0.460 e. The minimum atomic E-state index is -3.96. The normalized spacial score (nSPS) is 15.8. The van der Waals surface area contributed by atoms with Crippen molar-refractivity contribution in [1.29, 1.82) is 0 Å². The Bertz CT molecular complexity index is 1260. The van der Waals surface area contributed by atoms with Crippen LogP contribution in [0.25, 0.3) is 0 Å². The molecule has 1 N–H and O–H groups in total. The van der Waals surface area contributed by atoms with Gasteiger partial charge in [-0.15, -0.1) is 0 Å². The van der Waals surface area contributed by atoms with E-state index in [-0.39, 0.29) is 21.7 Å². The summed E-state index contributed by atoms with van der Waals surface area (Å²) in [5.74, 6) is -0.392. The van der Waals surface area contributed by atoms with Crippen LogP contribution in [0.5, 0.6) is 0 Å². The van der Waals surface area contributed by atoms with Crippen LogP contribution in [-0.2, 0) is 29.6 Å². The fourth-order valence-corrected chi connectivity index (χ4v) is 5.76. The van der Waals surface area contributed by atoms with E-state index >= 15 is 0 Å². The SMILES string of the molecule is CN(C)S(=O)(=O)c1ccc(S(=O)(=O)Nc2ccccc2N2CCC(C(=O)OC(C)(C)C)CC2)cc1. The molecule has 192 valence electrons. The zero-order valence-electron chi connectivity index (χ0n) is 20.7. The third-order valence-electron chi connectivity index (χ3n) is 5.64. The second-order valence-electron chi connectivity index (χ2n) is 9.68. The molecule has 9 nitrogen and oxygen atoms in total. The summed E-state index contributed by atoms with van der Waals surface area (Å²) in [6.07, 6.45) is 1.22. The van der Waals surface area contributed by atoms with Gasteiger partial charge in [0.25, 0.3) is 10.0 Å². The van der Waals surface area contributed by atoms with E-state index in [2.05, 4.69) is 4.72 Å². The highest BCUT2D eigenvalue weighted by Gasteiger charge is 2.30. The van der Waals surface area contributed by atoms with Crippen molar-refractivity contribution < 1.29 is 26.4 Å². The van der Waals surface area contributed by atoms with Gasteiger partial charge in [-0.3, -0.25) is 9.52 Å². The third-order valence-corrected chi connectivity index (χ3v) is 8.85. The molecule has 0 aliphatic carbocycles. The lowest BCUT2D eigenvalue weighted by molar-refractivity contribution is -0.160. The van der Waals surface area contributed by atoms with Gasteiger partial charge in [0.1, 0.15) is 5.60 Å². The molecule has 1 heterocycles. The maximum Gasteiger partial charge on any atom is 0.309 e. The molecule has 1 aliphatic heterocycles. The lowest BCUT2D eigenvalue weighted by Crippen LogP contribution is -2.39. The molecule has 11 heteroatoms. The van der Waals surface area contributed by atoms with Crippen molar-refractivity contribution in [1.82, 2.24) is 4.31 Å². The number of nitrogens with one attached hydrogen (secondary N) is 1. The number of rotatable bonds is 7. The molecule has 0 spiro atoms. The molecule has 3 rings (SSSR count). The highest BCUT2D eigenvalue weighted by atomic mass is 32.2. The van der Waals surface area contributed by atoms with Crippen molar-refractivity contribution in [3.05, 3.63) is 48.5 Å². The number of anilines is 2. The van der Waals surface area contributed by atoms with Gasteiger partial charge in [-0.1, -0.05) is 12.1 Å². The Kier molecular flexibility index (Phi) is 7.83. The van der Waals surface area contributed by atoms with Crippen LogP contribution in [0.4, 0.5) is 11.4 Å². The molecule has 0 amide bonds. The summed E-state index contributed by atoms with van der Waals surface area (Å²) in [7, 11) is -4.80. The minimum absolute atomic E-state index is 0.00899. The van der Waals surface area contributed by atoms with Gasteiger partial charge in [0.2, 0.25) is 10.0 Å². The average molecular weight is 524 g/mol. The maximum atomic E-state index is 13.1. The summed E-state index contributed by atoms with van der Waals surface area (Å²) in [4.78, 5) is 14.4. The second-order valence-corrected chi connectivity index (χ2v) is 13.5. The van der Waals surface area contributed by atoms with Gasteiger partial charge in [-0.05, 0) is 70.0 Å². The molecular weight excluding hydrogens is 490 g/mol. The van der Waals surface area contributed by atoms with E-state index in [0.717, 1.165) is 4.31 Å². The summed E-state index contributed by atoms with van der Waals surface area (Å²) >= 11 is 0. The van der Waals surface area contributed by atoms with Crippen molar-refractivity contribution in [3.8, 4) is 0 Å². The van der Waals surface area contributed by atoms with E-state index in [1.54, 1.807) is 12.1 Å². The molecule has 0 bridgehead atoms. The highest BCUT2D eigenvalue weighted by Crippen LogP contribution is 2.32. The lowest BCUT2D eigenvalue weighted by Gasteiger charge is -2.34. The molecule has 35 heavy (non-hydrogen) atoms. The number of carbonyl (C=O) groups excluding carboxylic acids is 1. The number of nitrogens with zero attached hydrogens (tertiary/aromatic N) is 2. The van der Waals surface area contributed by atoms with Gasteiger partial charge in [-0.2, -0.15) is 0 Å². The molecule has 0 unspecified atom stereocenters. The van der Waals surface area contributed by atoms with Crippen molar-refractivity contribution in [2.24, 2.45) is 5.92 Å². The smallest absolute Gasteiger partial charge is 0.309 e. The van der Waals surface area contributed by atoms with Crippen molar-refractivity contribution >= 4 is 37.4 Å². The molecule has 0 aromatic heterocycles. The summed E-state index contributed by atoms with van der Waals surface area (Å²) in [6, 6.07) is 12.2. The van der Waals surface area contributed by atoms with E-state index in [1.165, 1.54) is 38.4 Å². The van der Waals surface area contributed by atoms with Crippen LogP contribution in [0.3, 0.4) is 0 Å². The standard InChI is InChI=1S/C24H33N3O6S2/c1-24(2,3)33-23(28)18-14-16-27(17-15-18)22-9-7-6-8-21(22)25-34(29,30)19-10-12-20(13-11-19)35(31,32)26(4)5/h6-13,18,25H,14-17H2,1-5H3. The molecule has 0 radical (unpaired) electrons. The van der Waals surface area contributed by atoms with Gasteiger partial charge in [0.15, 0.2) is 0 Å². The zero-order valence-corrected chi connectivity index (χ0v) is 22.3. The monoisotopic (exact) mass is 523 g/mol. The lowest BCUT2D eigenvalue weighted by atomic mass is 9.96. The topological polar surface area (TPSA) is 113 Å². The fourth-order valence-electron chi connectivity index (χ4n) is 3.78. The molecule has 0 saturated carbocycles. The average Bonchev–Trinajstić information content (AvgIpc) is 2.78. The first kappa shape index (κ1) is 27.0. The van der Waals surface area contributed by atoms with E-state index in [4.69, 9.17) is 4.74 Å². The summed E-state index contributed by atoms with van der Waals surface area (Å²) in [6.45, 7) is 6.70. The van der Waals surface area contributed by atoms with Crippen LogP contribution in [0.1, 0.15) is 33.6 Å². The molecule has 1 fully saturated rings. The number of hydrogen-bond donors (Lipinski definition) is 1. The van der Waals surface area contributed by atoms with E-state index in [1.807, 2.05) is 37.8 Å². The number of para-hydroxylation sites is 2. The zero-order chi connectivity index (χ0) is 26.0. The van der Waals surface area contributed by atoms with Crippen molar-refractivity contribution in [3.63, 3.8) is 0 Å². The minimum Gasteiger partial charge on any atom is -0.460 e. The molecule has 0 atom stereocenters. The highest BCUT2D eigenvalue weighted by molar-refractivity contribution is 7.92. The van der Waals surface area contributed by atoms with Crippen LogP contribution in [-0.4, -0.2) is 59.9 Å². The Balaban J connectivity index is 1.75. The quantitative estimate of drug-likeness (QED) is 0.554. The van der Waals surface area contributed by atoms with Gasteiger partial charge < -0.3 is 9.64 Å². The molecule has 2 aromatic carbocycles. The number of esters is 1. The van der Waals surface area contributed by atoms with Crippen LogP contribution >= 0.6 is 0 Å². The van der Waals surface area contributed by atoms with E-state index in [0.29, 0.717) is 37.3 Å². The van der Waals surface area contributed by atoms with E-state index < -0.39 is 25.6 Å². The van der Waals surface area contributed by atoms with Crippen LogP contribution in [0.15, 0.2) is 58.3 Å². The van der Waals surface area contributed by atoms with E-state index in [9.17, 15) is 21.6 Å². The fraction of sp³-hybridized carbons (Fsp3) is 0.458. The number of piperidine rings is 1. The Hall–Kier alpha value is -2.63. The molecule has 2 aromatic rings. The Labute approximate surface area is 208 Å². The van der Waals surface area contributed by atoms with Crippen LogP contribution in [0, 0.1) is 5.92 Å². The Morgan fingerprint density at radius 1 is 0.943 bits per heavy atom. The van der Waals surface area contributed by atoms with Crippen molar-refractivity contribution in [2.75, 3.05) is 36.8 Å². The number of benzene rings is 2. The summed E-state index contributed by atoms with van der Waals surface area (Å²) in [5, 5.41) is 0. The van der Waals surface area contributed by atoms with Crippen molar-refractivity contribution in [2.45, 2.75) is 49.0 Å². The van der Waals surface area contributed by atoms with Crippen LogP contribution < -0.4 is 9.62 Å². The molecule has 1 aliphatic rings. The maximum absolute atomic E-state index is 13.1. The van der Waals surface area contributed by atoms with Gasteiger partial charge in [-0.25, -0.2) is 21.1 Å².